The molecule has 0 unspecified atom stereocenters. The average molecular weight is 234 g/mol. The maximum absolute atomic E-state index is 13.6. The Morgan fingerprint density at radius 2 is 1.76 bits per heavy atom. The van der Waals surface area contributed by atoms with Gasteiger partial charge in [0.1, 0.15) is 5.82 Å². The highest BCUT2D eigenvalue weighted by atomic mass is 19.1. The molecule has 2 rings (SSSR count). The summed E-state index contributed by atoms with van der Waals surface area (Å²) in [5.41, 5.74) is 0.888. The molecule has 0 aliphatic rings. The lowest BCUT2D eigenvalue weighted by atomic mass is 10.0. The number of halogens is 2. The van der Waals surface area contributed by atoms with E-state index >= 15 is 0 Å². The molecule has 2 aromatic rings. The van der Waals surface area contributed by atoms with Crippen molar-refractivity contribution in [1.82, 2.24) is 0 Å². The van der Waals surface area contributed by atoms with Crippen molar-refractivity contribution in [2.45, 2.75) is 6.92 Å². The molecule has 0 fully saturated rings. The van der Waals surface area contributed by atoms with Gasteiger partial charge >= 0.3 is 0 Å². The van der Waals surface area contributed by atoms with E-state index in [-0.39, 0.29) is 11.6 Å². The Hall–Kier alpha value is -1.90. The molecule has 2 aromatic carbocycles. The highest BCUT2D eigenvalue weighted by Crippen LogP contribution is 2.27. The van der Waals surface area contributed by atoms with Crippen LogP contribution in [0.25, 0.3) is 11.1 Å². The van der Waals surface area contributed by atoms with Gasteiger partial charge in [-0.25, -0.2) is 8.78 Å². The van der Waals surface area contributed by atoms with E-state index in [9.17, 15) is 8.78 Å². The minimum Gasteiger partial charge on any atom is -0.491 e. The van der Waals surface area contributed by atoms with Crippen LogP contribution >= 0.6 is 0 Å². The Kier molecular flexibility index (Phi) is 3.38. The Balaban J connectivity index is 2.41. The van der Waals surface area contributed by atoms with E-state index < -0.39 is 5.82 Å². The predicted molar refractivity (Wildman–Crippen MR) is 63.0 cm³/mol. The SMILES string of the molecule is CCOc1ccc(-c2ccccc2F)cc1F. The third-order valence-electron chi connectivity index (χ3n) is 2.42. The first-order valence-corrected chi connectivity index (χ1v) is 5.39. The van der Waals surface area contributed by atoms with Crippen LogP contribution in [0, 0.1) is 11.6 Å². The van der Waals surface area contributed by atoms with Gasteiger partial charge in [-0.2, -0.15) is 0 Å². The van der Waals surface area contributed by atoms with Crippen LogP contribution in [-0.2, 0) is 0 Å². The Morgan fingerprint density at radius 1 is 1.00 bits per heavy atom. The first-order valence-electron chi connectivity index (χ1n) is 5.39. The van der Waals surface area contributed by atoms with Crippen molar-refractivity contribution in [3.63, 3.8) is 0 Å². The minimum absolute atomic E-state index is 0.188. The van der Waals surface area contributed by atoms with Crippen molar-refractivity contribution in [2.75, 3.05) is 6.61 Å². The number of hydrogen-bond acceptors (Lipinski definition) is 1. The molecule has 0 heterocycles. The quantitative estimate of drug-likeness (QED) is 0.779. The first-order chi connectivity index (χ1) is 8.22. The molecule has 3 heteroatoms. The lowest BCUT2D eigenvalue weighted by Crippen LogP contribution is -1.95. The van der Waals surface area contributed by atoms with E-state index in [2.05, 4.69) is 0 Å². The summed E-state index contributed by atoms with van der Waals surface area (Å²) >= 11 is 0. The van der Waals surface area contributed by atoms with Gasteiger partial charge in [0.15, 0.2) is 11.6 Å². The zero-order valence-electron chi connectivity index (χ0n) is 9.41. The summed E-state index contributed by atoms with van der Waals surface area (Å²) in [7, 11) is 0. The van der Waals surface area contributed by atoms with Gasteiger partial charge in [-0.1, -0.05) is 24.3 Å². The summed E-state index contributed by atoms with van der Waals surface area (Å²) in [5.74, 6) is -0.656. The van der Waals surface area contributed by atoms with E-state index in [4.69, 9.17) is 4.74 Å². The van der Waals surface area contributed by atoms with Gasteiger partial charge in [-0.05, 0) is 30.7 Å². The summed E-state index contributed by atoms with van der Waals surface area (Å²) in [5, 5.41) is 0. The van der Waals surface area contributed by atoms with Crippen molar-refractivity contribution in [3.8, 4) is 16.9 Å². The summed E-state index contributed by atoms with van der Waals surface area (Å²) in [6.07, 6.45) is 0. The monoisotopic (exact) mass is 234 g/mol. The van der Waals surface area contributed by atoms with Crippen molar-refractivity contribution in [1.29, 1.82) is 0 Å². The number of hydrogen-bond donors (Lipinski definition) is 0. The van der Waals surface area contributed by atoms with Gasteiger partial charge in [0.2, 0.25) is 0 Å². The van der Waals surface area contributed by atoms with E-state index in [1.807, 2.05) is 0 Å². The lowest BCUT2D eigenvalue weighted by Gasteiger charge is -2.07. The fourth-order valence-corrected chi connectivity index (χ4v) is 1.64. The number of ether oxygens (including phenoxy) is 1. The molecule has 0 amide bonds. The maximum Gasteiger partial charge on any atom is 0.165 e. The zero-order chi connectivity index (χ0) is 12.3. The van der Waals surface area contributed by atoms with Gasteiger partial charge in [0.05, 0.1) is 6.61 Å². The van der Waals surface area contributed by atoms with Gasteiger partial charge in [-0.15, -0.1) is 0 Å². The maximum atomic E-state index is 13.6. The number of rotatable bonds is 3. The van der Waals surface area contributed by atoms with Gasteiger partial charge in [-0.3, -0.25) is 0 Å². The minimum atomic E-state index is -0.479. The van der Waals surface area contributed by atoms with E-state index in [1.165, 1.54) is 18.2 Å². The van der Waals surface area contributed by atoms with Crippen LogP contribution in [0.1, 0.15) is 6.92 Å². The summed E-state index contributed by atoms with van der Waals surface area (Å²) in [4.78, 5) is 0. The fourth-order valence-electron chi connectivity index (χ4n) is 1.64. The number of benzene rings is 2. The Bertz CT molecular complexity index is 523. The smallest absolute Gasteiger partial charge is 0.165 e. The zero-order valence-corrected chi connectivity index (χ0v) is 9.41. The highest BCUT2D eigenvalue weighted by molar-refractivity contribution is 5.65. The van der Waals surface area contributed by atoms with Crippen LogP contribution in [-0.4, -0.2) is 6.61 Å². The second kappa shape index (κ2) is 4.95. The Labute approximate surface area is 98.7 Å². The highest BCUT2D eigenvalue weighted by Gasteiger charge is 2.08. The summed E-state index contributed by atoms with van der Waals surface area (Å²) in [6, 6.07) is 10.7. The van der Waals surface area contributed by atoms with Crippen molar-refractivity contribution in [2.24, 2.45) is 0 Å². The van der Waals surface area contributed by atoms with E-state index in [1.54, 1.807) is 31.2 Å². The molecule has 0 atom stereocenters. The van der Waals surface area contributed by atoms with Crippen LogP contribution in [0.2, 0.25) is 0 Å². The normalized spacial score (nSPS) is 10.3. The van der Waals surface area contributed by atoms with Gasteiger partial charge < -0.3 is 4.74 Å². The van der Waals surface area contributed by atoms with Gasteiger partial charge in [0, 0.05) is 5.56 Å². The molecule has 1 nitrogen and oxygen atoms in total. The average Bonchev–Trinajstić information content (AvgIpc) is 2.33. The van der Waals surface area contributed by atoms with Gasteiger partial charge in [0.25, 0.3) is 0 Å². The van der Waals surface area contributed by atoms with Crippen LogP contribution in [0.15, 0.2) is 42.5 Å². The van der Waals surface area contributed by atoms with Crippen LogP contribution in [0.3, 0.4) is 0 Å². The fraction of sp³-hybridized carbons (Fsp3) is 0.143. The van der Waals surface area contributed by atoms with E-state index in [0.717, 1.165) is 0 Å². The molecule has 0 aliphatic carbocycles. The largest absolute Gasteiger partial charge is 0.491 e. The molecule has 0 spiro atoms. The third kappa shape index (κ3) is 2.44. The topological polar surface area (TPSA) is 9.23 Å². The molecular formula is C14H12F2O. The standard InChI is InChI=1S/C14H12F2O/c1-2-17-14-8-7-10(9-13(14)16)11-5-3-4-6-12(11)15/h3-9H,2H2,1H3. The second-order valence-corrected chi connectivity index (χ2v) is 3.56. The first kappa shape index (κ1) is 11.6. The van der Waals surface area contributed by atoms with Crippen molar-refractivity contribution in [3.05, 3.63) is 54.1 Å². The Morgan fingerprint density at radius 3 is 2.41 bits per heavy atom. The predicted octanol–water partition coefficient (Wildman–Crippen LogP) is 4.03. The second-order valence-electron chi connectivity index (χ2n) is 3.56. The third-order valence-corrected chi connectivity index (χ3v) is 2.42. The van der Waals surface area contributed by atoms with Crippen molar-refractivity contribution >= 4 is 0 Å². The molecule has 0 aromatic heterocycles. The molecule has 0 radical (unpaired) electrons. The molecule has 88 valence electrons. The van der Waals surface area contributed by atoms with Crippen LogP contribution < -0.4 is 4.74 Å². The molecule has 0 bridgehead atoms. The van der Waals surface area contributed by atoms with E-state index in [0.29, 0.717) is 17.7 Å². The summed E-state index contributed by atoms with van der Waals surface area (Å²) < 4.78 is 32.2. The molecular weight excluding hydrogens is 222 g/mol. The molecule has 17 heavy (non-hydrogen) atoms. The lowest BCUT2D eigenvalue weighted by molar-refractivity contribution is 0.321. The van der Waals surface area contributed by atoms with Crippen LogP contribution in [0.5, 0.6) is 5.75 Å². The van der Waals surface area contributed by atoms with Crippen molar-refractivity contribution < 1.29 is 13.5 Å². The van der Waals surface area contributed by atoms with Crippen LogP contribution in [0.4, 0.5) is 8.78 Å². The molecule has 0 saturated carbocycles. The summed E-state index contributed by atoms with van der Waals surface area (Å²) in [6.45, 7) is 2.18. The molecule has 0 saturated heterocycles. The molecule has 0 N–H and O–H groups in total. The molecule has 0 aliphatic heterocycles.